The Morgan fingerprint density at radius 3 is 0.812 bits per heavy atom. The van der Waals surface area contributed by atoms with Crippen molar-refractivity contribution >= 4 is 70.2 Å². The van der Waals surface area contributed by atoms with Gasteiger partial charge in [0.15, 0.2) is 0 Å². The molecule has 0 N–H and O–H groups in total. The van der Waals surface area contributed by atoms with Gasteiger partial charge in [0.1, 0.15) is 0 Å². The van der Waals surface area contributed by atoms with Crippen molar-refractivity contribution in [3.63, 3.8) is 0 Å². The summed E-state index contributed by atoms with van der Waals surface area (Å²) < 4.78 is -1.87. The summed E-state index contributed by atoms with van der Waals surface area (Å²) in [4.78, 5) is 0. The van der Waals surface area contributed by atoms with Crippen molar-refractivity contribution < 1.29 is 18.6 Å². The van der Waals surface area contributed by atoms with Crippen molar-refractivity contribution in [1.29, 1.82) is 0 Å². The van der Waals surface area contributed by atoms with Gasteiger partial charge in [0.05, 0.1) is 0 Å². The van der Waals surface area contributed by atoms with Gasteiger partial charge in [-0.2, -0.15) is 0 Å². The Kier molecular flexibility index (Phi) is 20.1. The Bertz CT molecular complexity index is 4170. The van der Waals surface area contributed by atoms with E-state index >= 15 is 0 Å². The van der Waals surface area contributed by atoms with Gasteiger partial charge >= 0.3 is 564 Å². The Morgan fingerprint density at radius 2 is 0.583 bits per heavy atom. The van der Waals surface area contributed by atoms with E-state index in [1.54, 1.807) is 0 Å². The standard InChI is InChI=1S/2C22H25.2C20H21.2C2H7Si.4ClH.2Zr/c2*1-3-4-5-6-8-18-11-13-19(14-12-18)21-10-7-9-20-15-17(2)16-22(20)21;2*1-4-15(3)16-8-10-17(11-9-16)19-7-5-6-18-12-14(2)13-20(18)19;2*1-3-2;;;;;;/h2*7,9-16H,3-6,8H2,1-2H3;2*5-13,15H,4H2,1-3H3;2*3H,1-2H3;4*1H;;/q;;;;;;;;;;2*+2/p-4. The number of aryl methyl sites for hydroxylation is 2. The molecule has 0 aliphatic heterocycles. The second-order valence-electron chi connectivity index (χ2n) is 31.4. The molecular formula is C88H106Cl4Si2Zr2. The van der Waals surface area contributed by atoms with E-state index in [9.17, 15) is 34.1 Å². The molecule has 0 amide bonds. The molecule has 0 spiro atoms. The van der Waals surface area contributed by atoms with Crippen LogP contribution in [0, 0.1) is 0 Å². The second kappa shape index (κ2) is 26.8. The quantitative estimate of drug-likeness (QED) is 0.0395. The predicted octanol–water partition coefficient (Wildman–Crippen LogP) is 28.5. The molecule has 96 heavy (non-hydrogen) atoms. The van der Waals surface area contributed by atoms with Crippen LogP contribution in [0.15, 0.2) is 192 Å². The van der Waals surface area contributed by atoms with E-state index in [0.29, 0.717) is 11.8 Å². The van der Waals surface area contributed by atoms with Crippen molar-refractivity contribution in [2.24, 2.45) is 0 Å². The SMILES string of the molecule is CCCCCCc1ccc(-c2cccc3c2C=C(C)[CH]3[Zr]([Cl])([Cl])([CH]2C(C)=Cc3c(-c4ccc(CCCCCC)cc4)cccc32)([SiH](C)C)[Zr]([Cl])([Cl])([CH]2C(C)=Cc3c(-c4ccc(C(C)CC)cc4)cccc32)([CH]2C(C)=Cc3c(-c4ccc(C(C)CC)cc4)cccc32)[SiH](C)C)cc1. The third-order valence-corrected chi connectivity index (χ3v) is 441. The van der Waals surface area contributed by atoms with E-state index in [1.807, 2.05) is 0 Å². The number of unbranched alkanes of at least 4 members (excludes halogenated alkanes) is 6. The Labute approximate surface area is 584 Å². The summed E-state index contributed by atoms with van der Waals surface area (Å²) in [5, 5.41) is 0. The molecule has 0 radical (unpaired) electrons. The van der Waals surface area contributed by atoms with Crippen molar-refractivity contribution in [3.05, 3.63) is 259 Å². The molecule has 0 bridgehead atoms. The normalized spacial score (nSPS) is 19.5. The van der Waals surface area contributed by atoms with Gasteiger partial charge in [-0.3, -0.25) is 0 Å². The van der Waals surface area contributed by atoms with E-state index in [2.05, 4.69) is 290 Å². The number of fused-ring (bicyclic) bond motifs is 4. The molecule has 0 saturated carbocycles. The molecule has 4 aliphatic rings. The zero-order chi connectivity index (χ0) is 68.4. The van der Waals surface area contributed by atoms with Gasteiger partial charge in [0, 0.05) is 0 Å². The molecule has 8 aromatic carbocycles. The number of halogens is 4. The molecule has 0 fully saturated rings. The monoisotopic (exact) mass is 1540 g/mol. The molecule has 8 aromatic rings. The molecule has 6 unspecified atom stereocenters. The molecule has 12 rings (SSSR count). The maximum atomic E-state index is 11.2. The summed E-state index contributed by atoms with van der Waals surface area (Å²) in [5.41, 5.74) is 29.6. The van der Waals surface area contributed by atoms with Crippen LogP contribution in [0.1, 0.15) is 227 Å². The van der Waals surface area contributed by atoms with Gasteiger partial charge in [-0.25, -0.2) is 0 Å². The van der Waals surface area contributed by atoms with Crippen LogP contribution in [0.2, 0.25) is 26.2 Å². The number of hydrogen-bond donors (Lipinski definition) is 0. The van der Waals surface area contributed by atoms with E-state index in [0.717, 1.165) is 25.7 Å². The summed E-state index contributed by atoms with van der Waals surface area (Å²) >= 11 is 0. The van der Waals surface area contributed by atoms with Crippen molar-refractivity contribution in [2.75, 3.05) is 0 Å². The van der Waals surface area contributed by atoms with Gasteiger partial charge in [0.25, 0.3) is 0 Å². The summed E-state index contributed by atoms with van der Waals surface area (Å²) in [6, 6.07) is 66.1. The van der Waals surface area contributed by atoms with Crippen LogP contribution in [0.3, 0.4) is 0 Å². The molecule has 6 atom stereocenters. The predicted molar refractivity (Wildman–Crippen MR) is 427 cm³/mol. The average molecular weight is 1540 g/mol. The zero-order valence-electron chi connectivity index (χ0n) is 60.1. The number of allylic oxidation sites excluding steroid dienone is 4. The Morgan fingerprint density at radius 1 is 0.333 bits per heavy atom. The van der Waals surface area contributed by atoms with Gasteiger partial charge in [-0.05, 0) is 0 Å². The van der Waals surface area contributed by atoms with Crippen LogP contribution < -0.4 is 0 Å². The summed E-state index contributed by atoms with van der Waals surface area (Å²) in [7, 11) is 29.4. The van der Waals surface area contributed by atoms with Gasteiger partial charge < -0.3 is 0 Å². The topological polar surface area (TPSA) is 0 Å². The Balaban J connectivity index is 1.23. The third kappa shape index (κ3) is 10.2. The van der Waals surface area contributed by atoms with Gasteiger partial charge in [-0.15, -0.1) is 0 Å². The first-order valence-corrected chi connectivity index (χ1v) is 78.1. The van der Waals surface area contributed by atoms with Crippen molar-refractivity contribution in [2.45, 2.75) is 199 Å². The van der Waals surface area contributed by atoms with E-state index < -0.39 is 44.9 Å². The summed E-state index contributed by atoms with van der Waals surface area (Å²) in [6.07, 6.45) is 24.3. The molecule has 4 aliphatic carbocycles. The summed E-state index contributed by atoms with van der Waals surface area (Å²) in [6.45, 7) is 33.7. The molecule has 0 aromatic heterocycles. The maximum absolute atomic E-state index is 11.2. The van der Waals surface area contributed by atoms with E-state index in [4.69, 9.17) is 0 Å². The first-order valence-electron chi connectivity index (χ1n) is 37.0. The van der Waals surface area contributed by atoms with Crippen molar-refractivity contribution in [1.82, 2.24) is 0 Å². The molecular weight excluding hydrogens is 1440 g/mol. The Hall–Kier alpha value is -3.92. The minimum absolute atomic E-state index is 0.458. The number of rotatable bonds is 25. The average Bonchev–Trinajstić information content (AvgIpc) is 0.997. The van der Waals surface area contributed by atoms with Gasteiger partial charge in [0.2, 0.25) is 0 Å². The molecule has 8 heteroatoms. The van der Waals surface area contributed by atoms with Crippen LogP contribution in [0.5, 0.6) is 0 Å². The van der Waals surface area contributed by atoms with Crippen LogP contribution in [-0.2, 0) is 31.4 Å². The first kappa shape index (κ1) is 71.9. The first-order chi connectivity index (χ1) is 45.8. The van der Waals surface area contributed by atoms with Crippen LogP contribution in [-0.4, -0.2) is 11.8 Å². The van der Waals surface area contributed by atoms with Crippen LogP contribution >= 0.6 is 34.1 Å². The van der Waals surface area contributed by atoms with E-state index in [1.165, 1.54) is 185 Å². The fourth-order valence-electron chi connectivity index (χ4n) is 21.1. The molecule has 0 saturated heterocycles. The minimum atomic E-state index is -7.77. The third-order valence-electron chi connectivity index (χ3n) is 26.2. The van der Waals surface area contributed by atoms with Crippen LogP contribution in [0.25, 0.3) is 68.8 Å². The van der Waals surface area contributed by atoms with Crippen molar-refractivity contribution in [3.8, 4) is 44.5 Å². The zero-order valence-corrected chi connectivity index (χ0v) is 70.3. The molecule has 0 nitrogen and oxygen atoms in total. The van der Waals surface area contributed by atoms with Gasteiger partial charge in [-0.1, -0.05) is 26.7 Å². The number of benzene rings is 8. The fourth-order valence-corrected chi connectivity index (χ4v) is 527. The van der Waals surface area contributed by atoms with E-state index in [-0.39, 0.29) is 0 Å². The molecule has 502 valence electrons. The summed E-state index contributed by atoms with van der Waals surface area (Å²) in [5.74, 6) is -4.71. The number of hydrogen-bond acceptors (Lipinski definition) is 0. The second-order valence-corrected chi connectivity index (χ2v) is 205. The molecule has 0 heterocycles. The fraction of sp³-hybridized carbons (Fsp3) is 0.364. The van der Waals surface area contributed by atoms with Crippen LogP contribution in [0.4, 0.5) is 0 Å².